The number of pyridine rings is 1. The third-order valence-electron chi connectivity index (χ3n) is 4.18. The SMILES string of the molecule is CC(=NOCCO)c1cnc2nnn(Cc3c(F)cc4ncccc4c3F)c2n1. The Balaban J connectivity index is 1.73. The van der Waals surface area contributed by atoms with E-state index in [1.807, 2.05) is 0 Å². The number of hydrogen-bond donors (Lipinski definition) is 1. The lowest BCUT2D eigenvalue weighted by atomic mass is 10.1. The molecule has 148 valence electrons. The van der Waals surface area contributed by atoms with Crippen molar-refractivity contribution in [1.82, 2.24) is 29.9 Å². The first-order chi connectivity index (χ1) is 14.1. The number of nitrogens with zero attached hydrogens (tertiary/aromatic N) is 7. The van der Waals surface area contributed by atoms with Crippen molar-refractivity contribution in [2.24, 2.45) is 5.16 Å². The molecule has 0 saturated heterocycles. The summed E-state index contributed by atoms with van der Waals surface area (Å²) in [6, 6.07) is 4.29. The van der Waals surface area contributed by atoms with Crippen LogP contribution in [0.1, 0.15) is 18.2 Å². The molecule has 1 aromatic carbocycles. The fourth-order valence-electron chi connectivity index (χ4n) is 2.75. The molecular formula is C18H15F2N7O2. The summed E-state index contributed by atoms with van der Waals surface area (Å²) in [7, 11) is 0. The zero-order valence-corrected chi connectivity index (χ0v) is 15.2. The van der Waals surface area contributed by atoms with Gasteiger partial charge in [0.15, 0.2) is 5.65 Å². The number of fused-ring (bicyclic) bond motifs is 2. The number of halogens is 2. The molecule has 0 aliphatic heterocycles. The van der Waals surface area contributed by atoms with Crippen LogP contribution in [0.25, 0.3) is 22.2 Å². The Morgan fingerprint density at radius 1 is 1.31 bits per heavy atom. The van der Waals surface area contributed by atoms with Crippen LogP contribution in [0.15, 0.2) is 35.7 Å². The fraction of sp³-hybridized carbons (Fsp3) is 0.222. The number of hydrogen-bond acceptors (Lipinski definition) is 8. The molecule has 4 aromatic rings. The molecule has 0 aliphatic rings. The Labute approximate surface area is 162 Å². The van der Waals surface area contributed by atoms with Crippen molar-refractivity contribution in [1.29, 1.82) is 0 Å². The quantitative estimate of drug-likeness (QED) is 0.299. The van der Waals surface area contributed by atoms with Gasteiger partial charge in [-0.3, -0.25) is 4.98 Å². The van der Waals surface area contributed by atoms with Gasteiger partial charge in [0.05, 0.1) is 24.9 Å². The zero-order valence-electron chi connectivity index (χ0n) is 15.2. The Hall–Kier alpha value is -3.60. The van der Waals surface area contributed by atoms with Crippen molar-refractivity contribution >= 4 is 27.9 Å². The summed E-state index contributed by atoms with van der Waals surface area (Å²) < 4.78 is 30.6. The minimum atomic E-state index is -0.739. The van der Waals surface area contributed by atoms with Crippen molar-refractivity contribution in [2.45, 2.75) is 13.5 Å². The Morgan fingerprint density at radius 2 is 2.17 bits per heavy atom. The Morgan fingerprint density at radius 3 is 3.00 bits per heavy atom. The van der Waals surface area contributed by atoms with Crippen molar-refractivity contribution in [3.05, 3.63) is 53.5 Å². The molecule has 3 heterocycles. The van der Waals surface area contributed by atoms with Gasteiger partial charge in [0.1, 0.15) is 29.6 Å². The fourth-order valence-corrected chi connectivity index (χ4v) is 2.75. The van der Waals surface area contributed by atoms with Gasteiger partial charge in [-0.15, -0.1) is 5.10 Å². The molecule has 9 nitrogen and oxygen atoms in total. The zero-order chi connectivity index (χ0) is 20.4. The predicted octanol–water partition coefficient (Wildman–Crippen LogP) is 1.83. The van der Waals surface area contributed by atoms with Crippen molar-refractivity contribution < 1.29 is 18.7 Å². The number of aliphatic hydroxyl groups excluding tert-OH is 1. The summed E-state index contributed by atoms with van der Waals surface area (Å²) in [5.74, 6) is -1.45. The van der Waals surface area contributed by atoms with Gasteiger partial charge in [-0.1, -0.05) is 10.4 Å². The molecule has 0 atom stereocenters. The number of rotatable bonds is 6. The van der Waals surface area contributed by atoms with Crippen LogP contribution in [0.5, 0.6) is 0 Å². The lowest BCUT2D eigenvalue weighted by molar-refractivity contribution is 0.0986. The van der Waals surface area contributed by atoms with E-state index in [0.717, 1.165) is 0 Å². The van der Waals surface area contributed by atoms with Gasteiger partial charge in [-0.05, 0) is 19.1 Å². The molecule has 29 heavy (non-hydrogen) atoms. The van der Waals surface area contributed by atoms with E-state index in [0.29, 0.717) is 11.4 Å². The standard InChI is InChI=1S/C18H15F2N7O2/c1-10(25-29-6-5-28)15-8-22-17-18(23-15)27(26-24-17)9-12-13(19)7-14-11(16(12)20)3-2-4-21-14/h2-4,7-8,28H,5-6,9H2,1H3. The van der Waals surface area contributed by atoms with Crippen molar-refractivity contribution in [3.8, 4) is 0 Å². The first kappa shape index (κ1) is 18.7. The van der Waals surface area contributed by atoms with Crippen LogP contribution in [0, 0.1) is 11.6 Å². The van der Waals surface area contributed by atoms with Crippen LogP contribution in [0.4, 0.5) is 8.78 Å². The van der Waals surface area contributed by atoms with Gasteiger partial charge in [-0.2, -0.15) is 0 Å². The second-order valence-electron chi connectivity index (χ2n) is 6.10. The van der Waals surface area contributed by atoms with E-state index in [9.17, 15) is 8.78 Å². The van der Waals surface area contributed by atoms with Gasteiger partial charge in [0, 0.05) is 23.2 Å². The van der Waals surface area contributed by atoms with E-state index in [1.54, 1.807) is 13.0 Å². The first-order valence-electron chi connectivity index (χ1n) is 8.64. The Bertz CT molecular complexity index is 1230. The summed E-state index contributed by atoms with van der Waals surface area (Å²) in [6.45, 7) is 1.30. The monoisotopic (exact) mass is 399 g/mol. The van der Waals surface area contributed by atoms with Crippen LogP contribution in [-0.2, 0) is 11.4 Å². The average molecular weight is 399 g/mol. The molecule has 4 rings (SSSR count). The largest absolute Gasteiger partial charge is 0.393 e. The second-order valence-corrected chi connectivity index (χ2v) is 6.10. The molecule has 0 fully saturated rings. The maximum atomic E-state index is 14.9. The van der Waals surface area contributed by atoms with Crippen molar-refractivity contribution in [3.63, 3.8) is 0 Å². The van der Waals surface area contributed by atoms with Gasteiger partial charge >= 0.3 is 0 Å². The van der Waals surface area contributed by atoms with Crippen LogP contribution in [0.2, 0.25) is 0 Å². The minimum absolute atomic E-state index is 0.0435. The van der Waals surface area contributed by atoms with E-state index in [4.69, 9.17) is 9.94 Å². The molecule has 0 amide bonds. The summed E-state index contributed by atoms with van der Waals surface area (Å²) in [5.41, 5.74) is 1.30. The Kier molecular flexibility index (Phi) is 5.04. The van der Waals surface area contributed by atoms with Crippen molar-refractivity contribution in [2.75, 3.05) is 13.2 Å². The maximum Gasteiger partial charge on any atom is 0.221 e. The van der Waals surface area contributed by atoms with Crippen LogP contribution in [0.3, 0.4) is 0 Å². The lowest BCUT2D eigenvalue weighted by Gasteiger charge is -2.08. The highest BCUT2D eigenvalue weighted by atomic mass is 19.1. The highest BCUT2D eigenvalue weighted by Gasteiger charge is 2.18. The minimum Gasteiger partial charge on any atom is -0.393 e. The predicted molar refractivity (Wildman–Crippen MR) is 99.1 cm³/mol. The van der Waals surface area contributed by atoms with Gasteiger partial charge < -0.3 is 9.94 Å². The smallest absolute Gasteiger partial charge is 0.221 e. The molecule has 11 heteroatoms. The normalized spacial score (nSPS) is 12.1. The number of aliphatic hydroxyl groups is 1. The number of oxime groups is 1. The van der Waals surface area contributed by atoms with Crippen LogP contribution in [-0.4, -0.2) is 54.0 Å². The third-order valence-corrected chi connectivity index (χ3v) is 4.18. The topological polar surface area (TPSA) is 111 Å². The molecule has 0 unspecified atom stereocenters. The van der Waals surface area contributed by atoms with E-state index >= 15 is 0 Å². The second kappa shape index (κ2) is 7.80. The van der Waals surface area contributed by atoms with Crippen LogP contribution >= 0.6 is 0 Å². The van der Waals surface area contributed by atoms with Gasteiger partial charge in [-0.25, -0.2) is 23.4 Å². The molecule has 0 saturated carbocycles. The van der Waals surface area contributed by atoms with Gasteiger partial charge in [0.2, 0.25) is 5.65 Å². The van der Waals surface area contributed by atoms with E-state index in [-0.39, 0.29) is 47.5 Å². The molecule has 0 spiro atoms. The van der Waals surface area contributed by atoms with Crippen LogP contribution < -0.4 is 0 Å². The maximum absolute atomic E-state index is 14.9. The molecular weight excluding hydrogens is 384 g/mol. The number of aromatic nitrogens is 6. The van der Waals surface area contributed by atoms with E-state index in [2.05, 4.69) is 30.4 Å². The summed E-state index contributed by atoms with van der Waals surface area (Å²) >= 11 is 0. The highest BCUT2D eigenvalue weighted by Crippen LogP contribution is 2.23. The van der Waals surface area contributed by atoms with E-state index < -0.39 is 11.6 Å². The third kappa shape index (κ3) is 3.59. The van der Waals surface area contributed by atoms with Gasteiger partial charge in [0.25, 0.3) is 0 Å². The number of benzene rings is 1. The molecule has 1 N–H and O–H groups in total. The summed E-state index contributed by atoms with van der Waals surface area (Å²) in [5, 5.41) is 20.6. The molecule has 3 aromatic heterocycles. The molecule has 0 aliphatic carbocycles. The van der Waals surface area contributed by atoms with E-state index in [1.165, 1.54) is 29.2 Å². The summed E-state index contributed by atoms with van der Waals surface area (Å²) in [4.78, 5) is 17.4. The summed E-state index contributed by atoms with van der Waals surface area (Å²) in [6.07, 6.45) is 2.91. The average Bonchev–Trinajstić information content (AvgIpc) is 3.13. The molecule has 0 radical (unpaired) electrons. The highest BCUT2D eigenvalue weighted by molar-refractivity contribution is 5.97. The lowest BCUT2D eigenvalue weighted by Crippen LogP contribution is -2.09. The first-order valence-corrected chi connectivity index (χ1v) is 8.64. The molecule has 0 bridgehead atoms.